The van der Waals surface area contributed by atoms with Crippen LogP contribution in [0.15, 0.2) is 46.2 Å². The zero-order chi connectivity index (χ0) is 17.9. The second kappa shape index (κ2) is 7.70. The van der Waals surface area contributed by atoms with Gasteiger partial charge in [0.05, 0.1) is 11.4 Å². The molecule has 0 spiro atoms. The lowest BCUT2D eigenvalue weighted by Gasteiger charge is -2.19. The highest BCUT2D eigenvalue weighted by Crippen LogP contribution is 2.25. The van der Waals surface area contributed by atoms with Gasteiger partial charge < -0.3 is 4.57 Å². The molecular weight excluding hydrogens is 371 g/mol. The Kier molecular flexibility index (Phi) is 6.09. The molecule has 2 aromatic rings. The van der Waals surface area contributed by atoms with Gasteiger partial charge in [-0.25, -0.2) is 8.42 Å². The van der Waals surface area contributed by atoms with Crippen LogP contribution in [-0.4, -0.2) is 30.4 Å². The van der Waals surface area contributed by atoms with Crippen molar-refractivity contribution in [1.29, 1.82) is 0 Å². The highest BCUT2D eigenvalue weighted by molar-refractivity contribution is 7.89. The molecule has 0 fully saturated rings. The number of sulfonamides is 1. The molecule has 2 rings (SSSR count). The van der Waals surface area contributed by atoms with Gasteiger partial charge in [-0.05, 0) is 18.2 Å². The maximum atomic E-state index is 12.6. The zero-order valence-corrected chi connectivity index (χ0v) is 15.7. The smallest absolute Gasteiger partial charge is 0.250 e. The van der Waals surface area contributed by atoms with Crippen molar-refractivity contribution >= 4 is 33.2 Å². The lowest BCUT2D eigenvalue weighted by Crippen LogP contribution is -2.32. The average molecular weight is 389 g/mol. The Labute approximate surface area is 151 Å². The van der Waals surface area contributed by atoms with E-state index in [4.69, 9.17) is 23.2 Å². The lowest BCUT2D eigenvalue weighted by molar-refractivity contribution is 0.444. The molecule has 1 heterocycles. The minimum atomic E-state index is -3.65. The van der Waals surface area contributed by atoms with Crippen LogP contribution in [0.5, 0.6) is 0 Å². The Morgan fingerprint density at radius 3 is 2.17 bits per heavy atom. The van der Waals surface area contributed by atoms with Crippen LogP contribution in [0.1, 0.15) is 19.4 Å². The molecule has 0 aliphatic carbocycles. The van der Waals surface area contributed by atoms with Gasteiger partial charge in [-0.15, -0.1) is 0 Å². The molecule has 0 saturated carbocycles. The fraction of sp³-hybridized carbons (Fsp3) is 0.312. The van der Waals surface area contributed by atoms with Gasteiger partial charge in [0.1, 0.15) is 0 Å². The van der Waals surface area contributed by atoms with E-state index in [-0.39, 0.29) is 17.0 Å². The highest BCUT2D eigenvalue weighted by atomic mass is 35.5. The van der Waals surface area contributed by atoms with Crippen LogP contribution in [0, 0.1) is 0 Å². The van der Waals surface area contributed by atoms with Crippen molar-refractivity contribution < 1.29 is 8.42 Å². The van der Waals surface area contributed by atoms with E-state index in [9.17, 15) is 13.2 Å². The van der Waals surface area contributed by atoms with E-state index in [2.05, 4.69) is 0 Å². The van der Waals surface area contributed by atoms with E-state index in [1.54, 1.807) is 32.0 Å². The van der Waals surface area contributed by atoms with Gasteiger partial charge >= 0.3 is 0 Å². The summed E-state index contributed by atoms with van der Waals surface area (Å²) in [6, 6.07) is 7.61. The molecule has 1 aromatic carbocycles. The summed E-state index contributed by atoms with van der Waals surface area (Å²) in [4.78, 5) is 12.2. The molecule has 0 N–H and O–H groups in total. The molecule has 0 aliphatic heterocycles. The third-order valence-electron chi connectivity index (χ3n) is 3.69. The van der Waals surface area contributed by atoms with Gasteiger partial charge in [-0.1, -0.05) is 43.1 Å². The van der Waals surface area contributed by atoms with E-state index < -0.39 is 10.0 Å². The topological polar surface area (TPSA) is 59.4 Å². The molecule has 0 radical (unpaired) electrons. The fourth-order valence-corrected chi connectivity index (χ4v) is 4.35. The molecule has 0 aliphatic rings. The monoisotopic (exact) mass is 388 g/mol. The van der Waals surface area contributed by atoms with Gasteiger partial charge in [0.2, 0.25) is 10.0 Å². The van der Waals surface area contributed by atoms with Crippen molar-refractivity contribution in [3.05, 3.63) is 62.5 Å². The Bertz CT molecular complexity index is 870. The minimum Gasteiger partial charge on any atom is -0.310 e. The van der Waals surface area contributed by atoms with Crippen LogP contribution in [0.3, 0.4) is 0 Å². The summed E-state index contributed by atoms with van der Waals surface area (Å²) < 4.78 is 27.8. The number of pyridine rings is 1. The SMILES string of the molecule is CCN(CC)S(=O)(=O)c1ccc(=O)n(Cc2c(Cl)cccc2Cl)c1. The molecule has 24 heavy (non-hydrogen) atoms. The van der Waals surface area contributed by atoms with Gasteiger partial charge in [0.15, 0.2) is 0 Å². The van der Waals surface area contributed by atoms with Gasteiger partial charge in [-0.2, -0.15) is 4.31 Å². The van der Waals surface area contributed by atoms with Crippen LogP contribution >= 0.6 is 23.2 Å². The van der Waals surface area contributed by atoms with Crippen LogP contribution in [0.4, 0.5) is 0 Å². The molecule has 5 nitrogen and oxygen atoms in total. The fourth-order valence-electron chi connectivity index (χ4n) is 2.35. The van der Waals surface area contributed by atoms with Crippen LogP contribution in [-0.2, 0) is 16.6 Å². The Hall–Kier alpha value is -1.34. The van der Waals surface area contributed by atoms with E-state index in [0.29, 0.717) is 28.7 Å². The van der Waals surface area contributed by atoms with Gasteiger partial charge in [0, 0.05) is 41.0 Å². The Balaban J connectivity index is 2.49. The largest absolute Gasteiger partial charge is 0.310 e. The van der Waals surface area contributed by atoms with Crippen molar-refractivity contribution in [1.82, 2.24) is 8.87 Å². The predicted octanol–water partition coefficient (Wildman–Crippen LogP) is 3.23. The van der Waals surface area contributed by atoms with Crippen molar-refractivity contribution in [3.63, 3.8) is 0 Å². The number of aromatic nitrogens is 1. The summed E-state index contributed by atoms with van der Waals surface area (Å²) >= 11 is 12.3. The molecule has 0 atom stereocenters. The number of hydrogen-bond donors (Lipinski definition) is 0. The molecule has 8 heteroatoms. The van der Waals surface area contributed by atoms with Crippen molar-refractivity contribution in [2.24, 2.45) is 0 Å². The third kappa shape index (κ3) is 3.83. The summed E-state index contributed by atoms with van der Waals surface area (Å²) in [5.41, 5.74) is 0.241. The lowest BCUT2D eigenvalue weighted by atomic mass is 10.2. The highest BCUT2D eigenvalue weighted by Gasteiger charge is 2.22. The quantitative estimate of drug-likeness (QED) is 0.762. The van der Waals surface area contributed by atoms with Crippen molar-refractivity contribution in [2.45, 2.75) is 25.3 Å². The molecule has 0 saturated heterocycles. The van der Waals surface area contributed by atoms with E-state index in [1.807, 2.05) is 0 Å². The first-order valence-electron chi connectivity index (χ1n) is 7.44. The Morgan fingerprint density at radius 2 is 1.62 bits per heavy atom. The molecule has 0 unspecified atom stereocenters. The van der Waals surface area contributed by atoms with Gasteiger partial charge in [0.25, 0.3) is 5.56 Å². The summed E-state index contributed by atoms with van der Waals surface area (Å²) in [6.07, 6.45) is 1.33. The average Bonchev–Trinajstić information content (AvgIpc) is 2.53. The first kappa shape index (κ1) is 19.0. The molecule has 0 bridgehead atoms. The second-order valence-electron chi connectivity index (χ2n) is 5.12. The maximum Gasteiger partial charge on any atom is 0.250 e. The summed E-state index contributed by atoms with van der Waals surface area (Å²) in [5, 5.41) is 0.845. The van der Waals surface area contributed by atoms with Crippen LogP contribution in [0.25, 0.3) is 0 Å². The first-order chi connectivity index (χ1) is 11.3. The molecule has 0 amide bonds. The van der Waals surface area contributed by atoms with E-state index in [0.717, 1.165) is 0 Å². The number of rotatable bonds is 6. The zero-order valence-electron chi connectivity index (χ0n) is 13.4. The summed E-state index contributed by atoms with van der Waals surface area (Å²) in [7, 11) is -3.65. The third-order valence-corrected chi connectivity index (χ3v) is 6.43. The summed E-state index contributed by atoms with van der Waals surface area (Å²) in [6.45, 7) is 4.34. The van der Waals surface area contributed by atoms with Crippen LogP contribution < -0.4 is 5.56 Å². The maximum absolute atomic E-state index is 12.6. The van der Waals surface area contributed by atoms with Crippen molar-refractivity contribution in [3.8, 4) is 0 Å². The second-order valence-corrected chi connectivity index (χ2v) is 7.87. The number of hydrogen-bond acceptors (Lipinski definition) is 3. The minimum absolute atomic E-state index is 0.0639. The molecule has 130 valence electrons. The van der Waals surface area contributed by atoms with Crippen molar-refractivity contribution in [2.75, 3.05) is 13.1 Å². The summed E-state index contributed by atoms with van der Waals surface area (Å²) in [5.74, 6) is 0. The normalized spacial score (nSPS) is 11.9. The van der Waals surface area contributed by atoms with Crippen LogP contribution in [0.2, 0.25) is 10.0 Å². The van der Waals surface area contributed by atoms with E-state index >= 15 is 0 Å². The number of benzene rings is 1. The number of nitrogens with zero attached hydrogens (tertiary/aromatic N) is 2. The Morgan fingerprint density at radius 1 is 1.04 bits per heavy atom. The molecule has 1 aromatic heterocycles. The number of halogens is 2. The predicted molar refractivity (Wildman–Crippen MR) is 96.4 cm³/mol. The van der Waals surface area contributed by atoms with Gasteiger partial charge in [-0.3, -0.25) is 4.79 Å². The molecular formula is C16H18Cl2N2O3S. The van der Waals surface area contributed by atoms with E-state index in [1.165, 1.54) is 27.2 Å². The standard InChI is InChI=1S/C16H18Cl2N2O3S/c1-3-20(4-2)24(22,23)12-8-9-16(21)19(10-12)11-13-14(17)6-5-7-15(13)18/h5-10H,3-4,11H2,1-2H3. The first-order valence-corrected chi connectivity index (χ1v) is 9.64.